The number of sulfonamides is 1. The topological polar surface area (TPSA) is 95.6 Å². The highest BCUT2D eigenvalue weighted by Crippen LogP contribution is 2.31. The molecule has 1 aliphatic heterocycles. The Hall–Kier alpha value is -2.71. The zero-order valence-corrected chi connectivity index (χ0v) is 20.6. The molecule has 0 saturated carbocycles. The van der Waals surface area contributed by atoms with Crippen molar-refractivity contribution in [2.45, 2.75) is 64.3 Å². The van der Waals surface area contributed by atoms with Crippen molar-refractivity contribution < 1.29 is 18.0 Å². The summed E-state index contributed by atoms with van der Waals surface area (Å²) < 4.78 is 28.7. The molecular weight excluding hydrogens is 438 g/mol. The average Bonchev–Trinajstić information content (AvgIpc) is 2.74. The van der Waals surface area contributed by atoms with Gasteiger partial charge in [0.15, 0.2) is 0 Å². The van der Waals surface area contributed by atoms with Gasteiger partial charge in [-0.3, -0.25) is 9.59 Å². The first-order valence-electron chi connectivity index (χ1n) is 11.3. The van der Waals surface area contributed by atoms with Crippen LogP contribution in [0.5, 0.6) is 0 Å². The van der Waals surface area contributed by atoms with E-state index in [2.05, 4.69) is 10.6 Å². The molecule has 33 heavy (non-hydrogen) atoms. The van der Waals surface area contributed by atoms with Crippen LogP contribution in [0, 0.1) is 27.7 Å². The number of carbonyl (C=O) groups excluding carboxylic acids is 2. The molecule has 0 spiro atoms. The second-order valence-corrected chi connectivity index (χ2v) is 10.7. The van der Waals surface area contributed by atoms with Gasteiger partial charge in [0.25, 0.3) is 0 Å². The quantitative estimate of drug-likeness (QED) is 0.629. The maximum atomic E-state index is 13.6. The molecule has 0 bridgehead atoms. The summed E-state index contributed by atoms with van der Waals surface area (Å²) in [6.07, 6.45) is 2.93. The fourth-order valence-corrected chi connectivity index (χ4v) is 6.67. The number of nitrogens with one attached hydrogen (secondary N) is 2. The summed E-state index contributed by atoms with van der Waals surface area (Å²) in [6.45, 7) is 8.24. The predicted octanol–water partition coefficient (Wildman–Crippen LogP) is 3.61. The normalized spacial score (nSPS) is 16.9. The molecule has 1 heterocycles. The summed E-state index contributed by atoms with van der Waals surface area (Å²) in [5.41, 5.74) is 4.14. The van der Waals surface area contributed by atoms with Crippen LogP contribution in [-0.2, 0) is 19.6 Å². The molecule has 0 unspecified atom stereocenters. The van der Waals surface area contributed by atoms with Crippen LogP contribution in [0.1, 0.15) is 47.9 Å². The van der Waals surface area contributed by atoms with Crippen LogP contribution in [0.2, 0.25) is 0 Å². The van der Waals surface area contributed by atoms with E-state index in [9.17, 15) is 18.0 Å². The first-order chi connectivity index (χ1) is 15.6. The molecule has 1 saturated heterocycles. The third-order valence-electron chi connectivity index (χ3n) is 6.02. The van der Waals surface area contributed by atoms with E-state index in [1.165, 1.54) is 0 Å². The number of piperidine rings is 1. The van der Waals surface area contributed by atoms with Gasteiger partial charge >= 0.3 is 11.8 Å². The van der Waals surface area contributed by atoms with E-state index >= 15 is 0 Å². The van der Waals surface area contributed by atoms with E-state index in [-0.39, 0.29) is 12.6 Å². The van der Waals surface area contributed by atoms with Crippen LogP contribution in [0.15, 0.2) is 41.3 Å². The number of aryl methyl sites for hydroxylation is 4. The summed E-state index contributed by atoms with van der Waals surface area (Å²) in [5, 5.41) is 5.20. The van der Waals surface area contributed by atoms with Crippen LogP contribution in [0.25, 0.3) is 0 Å². The van der Waals surface area contributed by atoms with Crippen molar-refractivity contribution in [2.24, 2.45) is 0 Å². The Morgan fingerprint density at radius 1 is 0.939 bits per heavy atom. The maximum Gasteiger partial charge on any atom is 0.313 e. The number of anilines is 1. The van der Waals surface area contributed by atoms with Gasteiger partial charge in [-0.1, -0.05) is 41.8 Å². The first-order valence-corrected chi connectivity index (χ1v) is 12.8. The lowest BCUT2D eigenvalue weighted by Gasteiger charge is -2.35. The molecule has 1 aliphatic rings. The Labute approximate surface area is 196 Å². The third kappa shape index (κ3) is 6.00. The monoisotopic (exact) mass is 471 g/mol. The van der Waals surface area contributed by atoms with Crippen LogP contribution in [-0.4, -0.2) is 43.7 Å². The van der Waals surface area contributed by atoms with Crippen molar-refractivity contribution in [2.75, 3.05) is 18.4 Å². The van der Waals surface area contributed by atoms with Crippen LogP contribution < -0.4 is 10.6 Å². The molecule has 178 valence electrons. The van der Waals surface area contributed by atoms with Crippen molar-refractivity contribution >= 4 is 27.5 Å². The number of benzene rings is 2. The van der Waals surface area contributed by atoms with E-state index in [0.29, 0.717) is 23.5 Å². The SMILES string of the molecule is Cc1ccc(NC(=O)C(=O)NCC[C@H]2CCCCN2S(=O)(=O)c2c(C)cc(C)cc2C)cc1. The molecule has 2 N–H and O–H groups in total. The van der Waals surface area contributed by atoms with Gasteiger partial charge < -0.3 is 10.6 Å². The van der Waals surface area contributed by atoms with E-state index in [0.717, 1.165) is 41.5 Å². The lowest BCUT2D eigenvalue weighted by molar-refractivity contribution is -0.136. The summed E-state index contributed by atoms with van der Waals surface area (Å²) in [5.74, 6) is -1.47. The zero-order chi connectivity index (χ0) is 24.2. The van der Waals surface area contributed by atoms with Gasteiger partial charge in [0, 0.05) is 24.8 Å². The second kappa shape index (κ2) is 10.5. The molecule has 1 atom stereocenters. The lowest BCUT2D eigenvalue weighted by Crippen LogP contribution is -2.46. The summed E-state index contributed by atoms with van der Waals surface area (Å²) in [7, 11) is -3.66. The molecule has 2 aromatic rings. The molecule has 0 aromatic heterocycles. The standard InChI is InChI=1S/C25H33N3O4S/c1-17-8-10-21(11-9-17)27-25(30)24(29)26-13-12-22-7-5-6-14-28(22)33(31,32)23-19(3)15-18(2)16-20(23)4/h8-11,15-16,22H,5-7,12-14H2,1-4H3,(H,26,29)(H,27,30)/t22-/m1/s1. The maximum absolute atomic E-state index is 13.6. The summed E-state index contributed by atoms with van der Waals surface area (Å²) >= 11 is 0. The zero-order valence-electron chi connectivity index (χ0n) is 19.8. The van der Waals surface area contributed by atoms with Crippen molar-refractivity contribution in [1.29, 1.82) is 0 Å². The molecule has 0 radical (unpaired) electrons. The fraction of sp³-hybridized carbons (Fsp3) is 0.440. The van der Waals surface area contributed by atoms with Gasteiger partial charge in [-0.05, 0) is 70.2 Å². The Bertz CT molecular complexity index is 1100. The van der Waals surface area contributed by atoms with E-state index < -0.39 is 21.8 Å². The fourth-order valence-electron chi connectivity index (χ4n) is 4.53. The molecular formula is C25H33N3O4S. The number of hydrogen-bond donors (Lipinski definition) is 2. The second-order valence-electron chi connectivity index (χ2n) is 8.86. The molecule has 3 rings (SSSR count). The van der Waals surface area contributed by atoms with Gasteiger partial charge in [0.2, 0.25) is 10.0 Å². The largest absolute Gasteiger partial charge is 0.348 e. The Balaban J connectivity index is 1.63. The van der Waals surface area contributed by atoms with Crippen molar-refractivity contribution in [3.8, 4) is 0 Å². The van der Waals surface area contributed by atoms with Crippen LogP contribution in [0.4, 0.5) is 5.69 Å². The van der Waals surface area contributed by atoms with Crippen molar-refractivity contribution in [3.05, 3.63) is 58.7 Å². The third-order valence-corrected chi connectivity index (χ3v) is 8.28. The Morgan fingerprint density at radius 3 is 2.21 bits per heavy atom. The first kappa shape index (κ1) is 24.9. The summed E-state index contributed by atoms with van der Waals surface area (Å²) in [4.78, 5) is 24.8. The minimum absolute atomic E-state index is 0.218. The Morgan fingerprint density at radius 2 is 1.58 bits per heavy atom. The van der Waals surface area contributed by atoms with Crippen molar-refractivity contribution in [1.82, 2.24) is 9.62 Å². The van der Waals surface area contributed by atoms with Crippen molar-refractivity contribution in [3.63, 3.8) is 0 Å². The molecule has 0 aliphatic carbocycles. The highest BCUT2D eigenvalue weighted by Gasteiger charge is 2.35. The molecule has 8 heteroatoms. The molecule has 2 amide bonds. The Kier molecular flexibility index (Phi) is 7.92. The predicted molar refractivity (Wildman–Crippen MR) is 130 cm³/mol. The highest BCUT2D eigenvalue weighted by molar-refractivity contribution is 7.89. The number of amides is 2. The van der Waals surface area contributed by atoms with Gasteiger partial charge in [-0.25, -0.2) is 8.42 Å². The number of nitrogens with zero attached hydrogens (tertiary/aromatic N) is 1. The van der Waals surface area contributed by atoms with Gasteiger partial charge in [-0.2, -0.15) is 4.31 Å². The number of hydrogen-bond acceptors (Lipinski definition) is 4. The minimum atomic E-state index is -3.66. The van der Waals surface area contributed by atoms with E-state index in [1.54, 1.807) is 16.4 Å². The number of carbonyl (C=O) groups is 2. The minimum Gasteiger partial charge on any atom is -0.348 e. The smallest absolute Gasteiger partial charge is 0.313 e. The van der Waals surface area contributed by atoms with E-state index in [4.69, 9.17) is 0 Å². The molecule has 1 fully saturated rings. The van der Waals surface area contributed by atoms with E-state index in [1.807, 2.05) is 52.0 Å². The van der Waals surface area contributed by atoms with Crippen LogP contribution in [0.3, 0.4) is 0 Å². The van der Waals surface area contributed by atoms with Gasteiger partial charge in [0.1, 0.15) is 0 Å². The van der Waals surface area contributed by atoms with Gasteiger partial charge in [-0.15, -0.1) is 0 Å². The summed E-state index contributed by atoms with van der Waals surface area (Å²) in [6, 6.07) is 10.7. The van der Waals surface area contributed by atoms with Gasteiger partial charge in [0.05, 0.1) is 4.90 Å². The molecule has 2 aromatic carbocycles. The molecule has 7 nitrogen and oxygen atoms in total. The lowest BCUT2D eigenvalue weighted by atomic mass is 10.0. The van der Waals surface area contributed by atoms with Crippen LogP contribution >= 0.6 is 0 Å². The number of rotatable bonds is 6. The average molecular weight is 472 g/mol. The highest BCUT2D eigenvalue weighted by atomic mass is 32.2.